The molecule has 1 aromatic carbocycles. The standard InChI is InChI=1S/C8H9.C5H10NO.C2H6.3HI.V.Y/c1-7-5-3-4-6-8(7)2;1-3-5(6)7-4-2;1-2;;;;;/h3-5H,1-2H3;6H,1,3-4H2,2H3;1-2H3;3*1H;;/q2*-1;;;;;+3;/p-3. The molecule has 0 aliphatic carbocycles. The Morgan fingerprint density at radius 3 is 1.95 bits per heavy atom. The molecule has 0 aromatic heterocycles. The topological polar surface area (TPSA) is 33.1 Å². The summed E-state index contributed by atoms with van der Waals surface area (Å²) in [7, 11) is 0. The molecule has 0 atom stereocenters. The molecule has 1 aromatic rings. The smallest absolute Gasteiger partial charge is 0 e. The van der Waals surface area contributed by atoms with Gasteiger partial charge in [0.05, 0.1) is 6.61 Å². The molecular weight excluding hydrogens is 731 g/mol. The largest absolute Gasteiger partial charge is 0 e. The fourth-order valence-corrected chi connectivity index (χ4v) is 0.851. The molecule has 7 heteroatoms. The Morgan fingerprint density at radius 1 is 1.32 bits per heavy atom. The summed E-state index contributed by atoms with van der Waals surface area (Å²) < 4.78 is 4.71. The van der Waals surface area contributed by atoms with Crippen LogP contribution in [0.3, 0.4) is 0 Å². The monoisotopic (exact) mass is 756 g/mol. The number of ether oxygens (including phenoxy) is 1. The van der Waals surface area contributed by atoms with Crippen LogP contribution in [0.15, 0.2) is 18.2 Å². The van der Waals surface area contributed by atoms with Crippen LogP contribution in [-0.2, 0) is 42.4 Å². The van der Waals surface area contributed by atoms with Gasteiger partial charge >= 0.3 is 64.9 Å². The third-order valence-corrected chi connectivity index (χ3v) is 1.88. The van der Waals surface area contributed by atoms with Gasteiger partial charge in [0.25, 0.3) is 0 Å². The van der Waals surface area contributed by atoms with E-state index in [0.29, 0.717) is 13.0 Å². The minimum Gasteiger partial charge on any atom is 0 e. The fourth-order valence-electron chi connectivity index (χ4n) is 0.851. The summed E-state index contributed by atoms with van der Waals surface area (Å²) in [5, 5.41) is 6.85. The number of aryl methyl sites for hydroxylation is 2. The van der Waals surface area contributed by atoms with E-state index in [2.05, 4.69) is 92.8 Å². The molecule has 0 spiro atoms. The van der Waals surface area contributed by atoms with Crippen molar-refractivity contribution in [1.29, 1.82) is 5.41 Å². The van der Waals surface area contributed by atoms with Gasteiger partial charge in [0.2, 0.25) is 0 Å². The Hall–Kier alpha value is 2.57. The van der Waals surface area contributed by atoms with Crippen LogP contribution in [0.2, 0.25) is 0 Å². The molecule has 0 aliphatic heterocycles. The molecule has 1 N–H and O–H groups in total. The summed E-state index contributed by atoms with van der Waals surface area (Å²) in [4.78, 5) is -0.278. The van der Waals surface area contributed by atoms with E-state index in [1.807, 2.05) is 32.9 Å². The van der Waals surface area contributed by atoms with E-state index in [1.54, 1.807) is 0 Å². The average Bonchev–Trinajstić information content (AvgIpc) is 2.45. The molecule has 22 heavy (non-hydrogen) atoms. The Bertz CT molecular complexity index is 332. The first-order valence-corrected chi connectivity index (χ1v) is 20.1. The maximum absolute atomic E-state index is 6.85. The molecule has 2 nitrogen and oxygen atoms in total. The number of hydrogen-bond acceptors (Lipinski definition) is 2. The van der Waals surface area contributed by atoms with Crippen LogP contribution in [0.1, 0.15) is 38.3 Å². The Kier molecular flexibility index (Phi) is 37.8. The van der Waals surface area contributed by atoms with Gasteiger partial charge in [-0.05, 0) is 6.92 Å². The van der Waals surface area contributed by atoms with Crippen molar-refractivity contribution in [2.24, 2.45) is 0 Å². The molecule has 0 aliphatic rings. The first-order chi connectivity index (χ1) is 9.84. The van der Waals surface area contributed by atoms with Crippen molar-refractivity contribution < 1.29 is 42.4 Å². The van der Waals surface area contributed by atoms with Crippen molar-refractivity contribution in [3.8, 4) is 0 Å². The molecule has 0 bridgehead atoms. The summed E-state index contributed by atoms with van der Waals surface area (Å²) >= 11 is 7.39. The van der Waals surface area contributed by atoms with Crippen molar-refractivity contribution in [1.82, 2.24) is 0 Å². The summed E-state index contributed by atoms with van der Waals surface area (Å²) in [6, 6.07) is 9.12. The second kappa shape index (κ2) is 25.8. The predicted molar refractivity (Wildman–Crippen MR) is 117 cm³/mol. The summed E-state index contributed by atoms with van der Waals surface area (Å²) in [5.41, 5.74) is 2.56. The van der Waals surface area contributed by atoms with Crippen LogP contribution in [0.25, 0.3) is 0 Å². The molecular formula is C15H25I3NOVY-2. The first-order valence-electron chi connectivity index (χ1n) is 6.55. The number of rotatable bonds is 2. The van der Waals surface area contributed by atoms with Gasteiger partial charge in [-0.3, -0.25) is 5.41 Å². The molecule has 1 rings (SSSR count). The van der Waals surface area contributed by atoms with Gasteiger partial charge in [-0.25, -0.2) is 0 Å². The van der Waals surface area contributed by atoms with Crippen molar-refractivity contribution in [2.75, 3.05) is 6.61 Å². The van der Waals surface area contributed by atoms with Gasteiger partial charge in [0, 0.05) is 32.7 Å². The number of nitrogens with one attached hydrogen (secondary N) is 1. The van der Waals surface area contributed by atoms with Crippen LogP contribution >= 0.6 is 59.9 Å². The molecule has 0 fully saturated rings. The summed E-state index contributed by atoms with van der Waals surface area (Å²) in [6.07, 6.45) is 0.452. The van der Waals surface area contributed by atoms with Crippen LogP contribution < -0.4 is 0 Å². The zero-order valence-electron chi connectivity index (χ0n) is 13.9. The van der Waals surface area contributed by atoms with Gasteiger partial charge in [-0.15, -0.1) is 6.42 Å². The zero-order chi connectivity index (χ0) is 17.3. The van der Waals surface area contributed by atoms with Gasteiger partial charge in [0.15, 0.2) is 0 Å². The molecule has 0 unspecified atom stereocenters. The van der Waals surface area contributed by atoms with Crippen LogP contribution in [-0.4, -0.2) is 12.5 Å². The van der Waals surface area contributed by atoms with Gasteiger partial charge in [-0.2, -0.15) is 35.4 Å². The van der Waals surface area contributed by atoms with Gasteiger partial charge < -0.3 is 11.7 Å². The molecule has 1 radical (unpaired) electrons. The maximum Gasteiger partial charge on any atom is 0 e. The third-order valence-electron chi connectivity index (χ3n) is 1.88. The Labute approximate surface area is 200 Å². The number of halogens is 3. The van der Waals surface area contributed by atoms with E-state index >= 15 is 0 Å². The second-order valence-corrected chi connectivity index (χ2v) is 38.6. The van der Waals surface area contributed by atoms with Gasteiger partial charge in [0.1, 0.15) is 5.90 Å². The number of benzene rings is 1. The third kappa shape index (κ3) is 30.4. The molecule has 0 heterocycles. The van der Waals surface area contributed by atoms with Crippen LogP contribution in [0.5, 0.6) is 0 Å². The molecule has 127 valence electrons. The van der Waals surface area contributed by atoms with E-state index < -0.39 is 0 Å². The van der Waals surface area contributed by atoms with Crippen molar-refractivity contribution >= 4 is 65.8 Å². The zero-order valence-corrected chi connectivity index (χ0v) is 24.6. The minimum absolute atomic E-state index is 0. The fraction of sp³-hybridized carbons (Fsp3) is 0.467. The maximum atomic E-state index is 6.85. The van der Waals surface area contributed by atoms with Crippen molar-refractivity contribution in [2.45, 2.75) is 41.0 Å². The van der Waals surface area contributed by atoms with E-state index in [-0.39, 0.29) is 43.5 Å². The normalized spacial score (nSPS) is 7.91. The SMILES string of the molecule is CC.Cc1[c-]cccc1C.[CH2-]CC(=N)OCC.[I][V]([I])[I].[Y]. The second-order valence-electron chi connectivity index (χ2n) is 3.28. The molecule has 0 amide bonds. The van der Waals surface area contributed by atoms with Crippen LogP contribution in [0, 0.1) is 32.2 Å². The predicted octanol–water partition coefficient (Wildman–Crippen LogP) is 7.01. The summed E-state index contributed by atoms with van der Waals surface area (Å²) in [6.45, 7) is 14.0. The summed E-state index contributed by atoms with van der Waals surface area (Å²) in [5.74, 6) is 0.266. The van der Waals surface area contributed by atoms with E-state index in [4.69, 9.17) is 10.1 Å². The van der Waals surface area contributed by atoms with Gasteiger partial charge in [-0.1, -0.05) is 27.7 Å². The van der Waals surface area contributed by atoms with Crippen LogP contribution in [0.4, 0.5) is 0 Å². The molecule has 0 saturated heterocycles. The van der Waals surface area contributed by atoms with E-state index in [9.17, 15) is 0 Å². The quantitative estimate of drug-likeness (QED) is 0.150. The first kappa shape index (κ1) is 32.3. The van der Waals surface area contributed by atoms with Crippen molar-refractivity contribution in [3.05, 3.63) is 42.3 Å². The Morgan fingerprint density at radius 2 is 1.77 bits per heavy atom. The van der Waals surface area contributed by atoms with Crippen molar-refractivity contribution in [3.63, 3.8) is 0 Å². The van der Waals surface area contributed by atoms with E-state index in [1.165, 1.54) is 11.1 Å². The minimum atomic E-state index is -0.278. The van der Waals surface area contributed by atoms with E-state index in [0.717, 1.165) is 0 Å². The number of hydrogen-bond donors (Lipinski definition) is 1. The Balaban J connectivity index is -0.000000107. The average molecular weight is 756 g/mol. The molecule has 0 saturated carbocycles.